The van der Waals surface area contributed by atoms with Gasteiger partial charge < -0.3 is 18.9 Å². The lowest BCUT2D eigenvalue weighted by Gasteiger charge is -2.19. The summed E-state index contributed by atoms with van der Waals surface area (Å²) in [6.07, 6.45) is -1.21. The van der Waals surface area contributed by atoms with Crippen molar-refractivity contribution in [3.05, 3.63) is 22.1 Å². The normalized spacial score (nSPS) is 39.2. The first-order chi connectivity index (χ1) is 8.65. The van der Waals surface area contributed by atoms with Crippen molar-refractivity contribution in [2.45, 2.75) is 51.3 Å². The number of fused-ring (bicyclic) bond motifs is 1. The standard InChI is InChI=1S/C12H15FO4S/c1-6-10(11-12(15-6)17-7(2)16-11)14-5-9-8(13)3-4-18-9/h3-4,6-7,10-12H,5H2,1-2H3/t6-,7?,10+,11-,12-/m1/s1. The van der Waals surface area contributed by atoms with Gasteiger partial charge in [-0.15, -0.1) is 11.3 Å². The van der Waals surface area contributed by atoms with E-state index in [0.717, 1.165) is 0 Å². The Morgan fingerprint density at radius 3 is 2.89 bits per heavy atom. The molecule has 2 aliphatic rings. The van der Waals surface area contributed by atoms with Gasteiger partial charge in [0.15, 0.2) is 12.6 Å². The van der Waals surface area contributed by atoms with Crippen molar-refractivity contribution in [1.82, 2.24) is 0 Å². The molecule has 1 aromatic heterocycles. The number of hydrogen-bond acceptors (Lipinski definition) is 5. The molecule has 18 heavy (non-hydrogen) atoms. The van der Waals surface area contributed by atoms with E-state index in [1.165, 1.54) is 17.4 Å². The molecule has 100 valence electrons. The molecular weight excluding hydrogens is 259 g/mol. The van der Waals surface area contributed by atoms with Gasteiger partial charge >= 0.3 is 0 Å². The van der Waals surface area contributed by atoms with E-state index in [0.29, 0.717) is 4.88 Å². The predicted molar refractivity (Wildman–Crippen MR) is 62.6 cm³/mol. The summed E-state index contributed by atoms with van der Waals surface area (Å²) >= 11 is 1.35. The van der Waals surface area contributed by atoms with Gasteiger partial charge in [0.25, 0.3) is 0 Å². The summed E-state index contributed by atoms with van der Waals surface area (Å²) in [4.78, 5) is 0.595. The zero-order chi connectivity index (χ0) is 12.7. The van der Waals surface area contributed by atoms with Crippen LogP contribution in [-0.2, 0) is 25.6 Å². The van der Waals surface area contributed by atoms with Crippen LogP contribution < -0.4 is 0 Å². The van der Waals surface area contributed by atoms with Crippen LogP contribution in [0, 0.1) is 5.82 Å². The fourth-order valence-electron chi connectivity index (χ4n) is 2.31. The van der Waals surface area contributed by atoms with Crippen molar-refractivity contribution in [3.63, 3.8) is 0 Å². The van der Waals surface area contributed by atoms with Crippen LogP contribution in [-0.4, -0.2) is 30.9 Å². The van der Waals surface area contributed by atoms with Crippen molar-refractivity contribution >= 4 is 11.3 Å². The molecule has 0 aromatic carbocycles. The van der Waals surface area contributed by atoms with E-state index < -0.39 is 0 Å². The molecule has 2 fully saturated rings. The Hall–Kier alpha value is -0.530. The average Bonchev–Trinajstić information content (AvgIpc) is 2.93. The van der Waals surface area contributed by atoms with E-state index in [9.17, 15) is 4.39 Å². The predicted octanol–water partition coefficient (Wildman–Crippen LogP) is 2.28. The summed E-state index contributed by atoms with van der Waals surface area (Å²) in [5.41, 5.74) is 0. The Kier molecular flexibility index (Phi) is 3.38. The summed E-state index contributed by atoms with van der Waals surface area (Å²) in [6.45, 7) is 3.97. The molecule has 2 saturated heterocycles. The number of ether oxygens (including phenoxy) is 4. The third kappa shape index (κ3) is 2.19. The quantitative estimate of drug-likeness (QED) is 0.847. The van der Waals surface area contributed by atoms with Crippen molar-refractivity contribution in [3.8, 4) is 0 Å². The average molecular weight is 274 g/mol. The Labute approximate surface area is 109 Å². The van der Waals surface area contributed by atoms with E-state index in [1.807, 2.05) is 13.8 Å². The van der Waals surface area contributed by atoms with Gasteiger partial charge in [-0.25, -0.2) is 4.39 Å². The largest absolute Gasteiger partial charge is 0.367 e. The minimum absolute atomic E-state index is 0.115. The maximum absolute atomic E-state index is 13.3. The molecule has 3 heterocycles. The molecule has 3 rings (SSSR count). The van der Waals surface area contributed by atoms with E-state index >= 15 is 0 Å². The van der Waals surface area contributed by atoms with Crippen molar-refractivity contribution in [2.24, 2.45) is 0 Å². The molecule has 0 spiro atoms. The van der Waals surface area contributed by atoms with Crippen LogP contribution in [0.15, 0.2) is 11.4 Å². The zero-order valence-electron chi connectivity index (χ0n) is 10.2. The van der Waals surface area contributed by atoms with Gasteiger partial charge in [0.1, 0.15) is 18.0 Å². The number of thiophene rings is 1. The molecule has 1 aromatic rings. The number of rotatable bonds is 3. The van der Waals surface area contributed by atoms with Crippen LogP contribution in [0.4, 0.5) is 4.39 Å². The van der Waals surface area contributed by atoms with Crippen molar-refractivity contribution < 1.29 is 23.3 Å². The summed E-state index contributed by atoms with van der Waals surface area (Å²) in [5.74, 6) is -0.222. The van der Waals surface area contributed by atoms with Crippen LogP contribution in [0.5, 0.6) is 0 Å². The highest BCUT2D eigenvalue weighted by molar-refractivity contribution is 7.09. The van der Waals surface area contributed by atoms with Crippen LogP contribution in [0.3, 0.4) is 0 Å². The first-order valence-corrected chi connectivity index (χ1v) is 6.83. The lowest BCUT2D eigenvalue weighted by Crippen LogP contribution is -2.33. The molecule has 0 amide bonds. The van der Waals surface area contributed by atoms with Gasteiger partial charge in [-0.05, 0) is 25.3 Å². The maximum atomic E-state index is 13.3. The van der Waals surface area contributed by atoms with Crippen LogP contribution in [0.1, 0.15) is 18.7 Å². The lowest BCUT2D eigenvalue weighted by atomic mass is 10.1. The lowest BCUT2D eigenvalue weighted by molar-refractivity contribution is -0.163. The fourth-order valence-corrected chi connectivity index (χ4v) is 2.98. The number of halogens is 1. The Balaban J connectivity index is 1.63. The molecule has 4 nitrogen and oxygen atoms in total. The van der Waals surface area contributed by atoms with E-state index in [4.69, 9.17) is 18.9 Å². The van der Waals surface area contributed by atoms with Gasteiger partial charge in [-0.1, -0.05) is 0 Å². The second kappa shape index (κ2) is 4.86. The Morgan fingerprint density at radius 1 is 1.33 bits per heavy atom. The molecule has 0 aliphatic carbocycles. The maximum Gasteiger partial charge on any atom is 0.189 e. The third-order valence-corrected chi connectivity index (χ3v) is 4.05. The zero-order valence-corrected chi connectivity index (χ0v) is 11.0. The van der Waals surface area contributed by atoms with Gasteiger partial charge in [0.05, 0.1) is 17.6 Å². The third-order valence-electron chi connectivity index (χ3n) is 3.18. The van der Waals surface area contributed by atoms with Crippen molar-refractivity contribution in [2.75, 3.05) is 0 Å². The van der Waals surface area contributed by atoms with Gasteiger partial charge in [-0.3, -0.25) is 0 Å². The summed E-state index contributed by atoms with van der Waals surface area (Å²) in [6, 6.07) is 1.44. The van der Waals surface area contributed by atoms with Gasteiger partial charge in [0, 0.05) is 0 Å². The minimum atomic E-state index is -0.367. The first-order valence-electron chi connectivity index (χ1n) is 5.95. The highest BCUT2D eigenvalue weighted by atomic mass is 32.1. The fraction of sp³-hybridized carbons (Fsp3) is 0.667. The second-order valence-electron chi connectivity index (χ2n) is 4.48. The molecule has 1 unspecified atom stereocenters. The smallest absolute Gasteiger partial charge is 0.189 e. The number of hydrogen-bond donors (Lipinski definition) is 0. The molecule has 6 heteroatoms. The summed E-state index contributed by atoms with van der Waals surface area (Å²) in [5, 5.41) is 1.71. The molecule has 0 bridgehead atoms. The molecule has 2 aliphatic heterocycles. The van der Waals surface area contributed by atoms with E-state index in [1.54, 1.807) is 5.38 Å². The molecule has 0 radical (unpaired) electrons. The second-order valence-corrected chi connectivity index (χ2v) is 5.48. The molecule has 0 N–H and O–H groups in total. The Morgan fingerprint density at radius 2 is 2.17 bits per heavy atom. The van der Waals surface area contributed by atoms with E-state index in [-0.39, 0.29) is 43.3 Å². The summed E-state index contributed by atoms with van der Waals surface area (Å²) in [7, 11) is 0. The van der Waals surface area contributed by atoms with Gasteiger partial charge in [0.2, 0.25) is 0 Å². The topological polar surface area (TPSA) is 36.9 Å². The molecule has 0 saturated carbocycles. The highest BCUT2D eigenvalue weighted by Gasteiger charge is 2.50. The van der Waals surface area contributed by atoms with Gasteiger partial charge in [-0.2, -0.15) is 0 Å². The molecule has 5 atom stereocenters. The highest BCUT2D eigenvalue weighted by Crippen LogP contribution is 2.34. The first kappa shape index (κ1) is 12.5. The Bertz CT molecular complexity index is 424. The van der Waals surface area contributed by atoms with Crippen LogP contribution in [0.2, 0.25) is 0 Å². The minimum Gasteiger partial charge on any atom is -0.367 e. The monoisotopic (exact) mass is 274 g/mol. The van der Waals surface area contributed by atoms with E-state index in [2.05, 4.69) is 0 Å². The van der Waals surface area contributed by atoms with Crippen molar-refractivity contribution in [1.29, 1.82) is 0 Å². The summed E-state index contributed by atoms with van der Waals surface area (Å²) < 4.78 is 35.7. The SMILES string of the molecule is CC1O[C@H]2O[C@H](C)[C@H](OCc3sccc3F)[C@H]2O1. The van der Waals surface area contributed by atoms with Crippen LogP contribution >= 0.6 is 11.3 Å². The molecular formula is C12H15FO4S. The van der Waals surface area contributed by atoms with Crippen LogP contribution in [0.25, 0.3) is 0 Å².